The fourth-order valence-electron chi connectivity index (χ4n) is 1.08. The van der Waals surface area contributed by atoms with Crippen LogP contribution in [-0.4, -0.2) is 17.5 Å². The number of nitrogens with zero attached hydrogens (tertiary/aromatic N) is 1. The van der Waals surface area contributed by atoms with Gasteiger partial charge >= 0.3 is 5.88 Å². The molecule has 0 radical (unpaired) electrons. The van der Waals surface area contributed by atoms with Crippen LogP contribution in [0.3, 0.4) is 0 Å². The first-order valence-corrected chi connectivity index (χ1v) is 4.56. The molecule has 14 heavy (non-hydrogen) atoms. The van der Waals surface area contributed by atoms with E-state index in [4.69, 9.17) is 4.42 Å². The predicted octanol–water partition coefficient (Wildman–Crippen LogP) is 1.73. The molecule has 0 atom stereocenters. The summed E-state index contributed by atoms with van der Waals surface area (Å²) in [5.41, 5.74) is 0. The Morgan fingerprint density at radius 1 is 1.57 bits per heavy atom. The SMILES string of the molecule is CC(C)NCCc1ccc([N+](=O)[O-])o1. The molecule has 1 N–H and O–H groups in total. The van der Waals surface area contributed by atoms with Crippen molar-refractivity contribution in [3.8, 4) is 0 Å². The molecule has 1 rings (SSSR count). The Bertz CT molecular complexity index is 307. The van der Waals surface area contributed by atoms with E-state index in [1.807, 2.05) is 13.8 Å². The van der Waals surface area contributed by atoms with E-state index in [0.29, 0.717) is 18.2 Å². The average molecular weight is 198 g/mol. The van der Waals surface area contributed by atoms with Crippen molar-refractivity contribution in [1.29, 1.82) is 0 Å². The van der Waals surface area contributed by atoms with Gasteiger partial charge in [-0.05, 0) is 6.07 Å². The summed E-state index contributed by atoms with van der Waals surface area (Å²) in [5.74, 6) is 0.453. The standard InChI is InChI=1S/C9H14N2O3/c1-7(2)10-6-5-8-3-4-9(14-8)11(12)13/h3-4,7,10H,5-6H2,1-2H3. The fourth-order valence-corrected chi connectivity index (χ4v) is 1.08. The van der Waals surface area contributed by atoms with E-state index < -0.39 is 4.92 Å². The van der Waals surface area contributed by atoms with Crippen LogP contribution in [0.2, 0.25) is 0 Å². The maximum atomic E-state index is 10.3. The molecular formula is C9H14N2O3. The molecule has 0 spiro atoms. The minimum Gasteiger partial charge on any atom is -0.406 e. The third kappa shape index (κ3) is 3.18. The molecule has 0 aliphatic heterocycles. The third-order valence-corrected chi connectivity index (χ3v) is 1.75. The van der Waals surface area contributed by atoms with Crippen LogP contribution in [-0.2, 0) is 6.42 Å². The van der Waals surface area contributed by atoms with E-state index in [1.165, 1.54) is 6.07 Å². The predicted molar refractivity (Wildman–Crippen MR) is 52.2 cm³/mol. The molecule has 0 aromatic carbocycles. The zero-order valence-corrected chi connectivity index (χ0v) is 8.32. The van der Waals surface area contributed by atoms with Crippen LogP contribution < -0.4 is 5.32 Å². The molecule has 0 unspecified atom stereocenters. The highest BCUT2D eigenvalue weighted by atomic mass is 16.6. The lowest BCUT2D eigenvalue weighted by Crippen LogP contribution is -2.24. The zero-order chi connectivity index (χ0) is 10.6. The molecule has 1 aromatic rings. The Hall–Kier alpha value is -1.36. The van der Waals surface area contributed by atoms with Crippen LogP contribution in [0.25, 0.3) is 0 Å². The summed E-state index contributed by atoms with van der Waals surface area (Å²) in [4.78, 5) is 9.76. The Balaban J connectivity index is 2.40. The summed E-state index contributed by atoms with van der Waals surface area (Å²) < 4.78 is 4.99. The largest absolute Gasteiger partial charge is 0.433 e. The van der Waals surface area contributed by atoms with Gasteiger partial charge in [0.05, 0.1) is 6.07 Å². The highest BCUT2D eigenvalue weighted by molar-refractivity contribution is 5.17. The molecule has 78 valence electrons. The summed E-state index contributed by atoms with van der Waals surface area (Å²) in [7, 11) is 0. The van der Waals surface area contributed by atoms with Crippen molar-refractivity contribution in [1.82, 2.24) is 5.32 Å². The van der Waals surface area contributed by atoms with E-state index in [0.717, 1.165) is 6.54 Å². The number of rotatable bonds is 5. The lowest BCUT2D eigenvalue weighted by atomic mass is 10.3. The van der Waals surface area contributed by atoms with Crippen molar-refractivity contribution in [2.75, 3.05) is 6.54 Å². The van der Waals surface area contributed by atoms with E-state index in [2.05, 4.69) is 5.32 Å². The summed E-state index contributed by atoms with van der Waals surface area (Å²) in [6.07, 6.45) is 0.673. The maximum Gasteiger partial charge on any atom is 0.433 e. The van der Waals surface area contributed by atoms with Crippen molar-refractivity contribution < 1.29 is 9.34 Å². The monoisotopic (exact) mass is 198 g/mol. The third-order valence-electron chi connectivity index (χ3n) is 1.75. The van der Waals surface area contributed by atoms with Gasteiger partial charge in [0.2, 0.25) is 0 Å². The van der Waals surface area contributed by atoms with Gasteiger partial charge in [0.1, 0.15) is 10.7 Å². The van der Waals surface area contributed by atoms with Gasteiger partial charge in [0, 0.05) is 19.0 Å². The molecule has 0 aliphatic rings. The van der Waals surface area contributed by atoms with E-state index >= 15 is 0 Å². The van der Waals surface area contributed by atoms with Gasteiger partial charge in [-0.3, -0.25) is 10.1 Å². The van der Waals surface area contributed by atoms with Crippen molar-refractivity contribution >= 4 is 5.88 Å². The molecule has 0 saturated carbocycles. The molecule has 1 heterocycles. The van der Waals surface area contributed by atoms with Gasteiger partial charge in [0.15, 0.2) is 0 Å². The van der Waals surface area contributed by atoms with Gasteiger partial charge < -0.3 is 9.73 Å². The molecule has 1 aromatic heterocycles. The van der Waals surface area contributed by atoms with Gasteiger partial charge in [-0.25, -0.2) is 0 Å². The Labute approximate surface area is 82.3 Å². The average Bonchev–Trinajstić information content (AvgIpc) is 2.52. The van der Waals surface area contributed by atoms with Crippen molar-refractivity contribution in [2.45, 2.75) is 26.3 Å². The number of hydrogen-bond acceptors (Lipinski definition) is 4. The van der Waals surface area contributed by atoms with Crippen LogP contribution >= 0.6 is 0 Å². The molecule has 0 amide bonds. The highest BCUT2D eigenvalue weighted by Gasteiger charge is 2.11. The molecule has 5 nitrogen and oxygen atoms in total. The first-order chi connectivity index (χ1) is 6.59. The zero-order valence-electron chi connectivity index (χ0n) is 8.32. The molecule has 5 heteroatoms. The van der Waals surface area contributed by atoms with Crippen LogP contribution in [0.4, 0.5) is 5.88 Å². The Kier molecular flexibility index (Phi) is 3.64. The smallest absolute Gasteiger partial charge is 0.406 e. The summed E-state index contributed by atoms with van der Waals surface area (Å²) >= 11 is 0. The first kappa shape index (κ1) is 10.7. The van der Waals surface area contributed by atoms with Gasteiger partial charge in [-0.2, -0.15) is 0 Å². The maximum absolute atomic E-state index is 10.3. The number of nitro groups is 1. The highest BCUT2D eigenvalue weighted by Crippen LogP contribution is 2.15. The lowest BCUT2D eigenvalue weighted by Gasteiger charge is -2.05. The normalized spacial score (nSPS) is 10.8. The minimum absolute atomic E-state index is 0.190. The van der Waals surface area contributed by atoms with E-state index in [1.54, 1.807) is 6.07 Å². The van der Waals surface area contributed by atoms with Crippen LogP contribution in [0.15, 0.2) is 16.5 Å². The summed E-state index contributed by atoms with van der Waals surface area (Å²) in [6.45, 7) is 4.86. The molecular weight excluding hydrogens is 184 g/mol. The first-order valence-electron chi connectivity index (χ1n) is 4.56. The lowest BCUT2D eigenvalue weighted by molar-refractivity contribution is -0.402. The van der Waals surface area contributed by atoms with E-state index in [9.17, 15) is 10.1 Å². The number of nitrogens with one attached hydrogen (secondary N) is 1. The van der Waals surface area contributed by atoms with E-state index in [-0.39, 0.29) is 5.88 Å². The minimum atomic E-state index is -0.528. The number of hydrogen-bond donors (Lipinski definition) is 1. The molecule has 0 fully saturated rings. The quantitative estimate of drug-likeness (QED) is 0.577. The van der Waals surface area contributed by atoms with Crippen molar-refractivity contribution in [3.05, 3.63) is 28.0 Å². The van der Waals surface area contributed by atoms with Gasteiger partial charge in [0.25, 0.3) is 0 Å². The summed E-state index contributed by atoms with van der Waals surface area (Å²) in [5, 5.41) is 13.5. The van der Waals surface area contributed by atoms with Gasteiger partial charge in [-0.15, -0.1) is 0 Å². The van der Waals surface area contributed by atoms with Crippen LogP contribution in [0.1, 0.15) is 19.6 Å². The molecule has 0 aliphatic carbocycles. The topological polar surface area (TPSA) is 68.3 Å². The Morgan fingerprint density at radius 3 is 2.79 bits per heavy atom. The molecule has 0 bridgehead atoms. The molecule has 0 saturated heterocycles. The second-order valence-corrected chi connectivity index (χ2v) is 3.36. The Morgan fingerprint density at radius 2 is 2.29 bits per heavy atom. The van der Waals surface area contributed by atoms with Crippen molar-refractivity contribution in [3.63, 3.8) is 0 Å². The summed E-state index contributed by atoms with van der Waals surface area (Å²) in [6, 6.07) is 3.44. The fraction of sp³-hybridized carbons (Fsp3) is 0.556. The van der Waals surface area contributed by atoms with Crippen LogP contribution in [0.5, 0.6) is 0 Å². The second kappa shape index (κ2) is 4.76. The van der Waals surface area contributed by atoms with Crippen LogP contribution in [0, 0.1) is 10.1 Å². The van der Waals surface area contributed by atoms with Gasteiger partial charge in [-0.1, -0.05) is 13.8 Å². The second-order valence-electron chi connectivity index (χ2n) is 3.36. The van der Waals surface area contributed by atoms with Crippen molar-refractivity contribution in [2.24, 2.45) is 0 Å². The number of furan rings is 1.